The molecular formula is C61H47NS. The van der Waals surface area contributed by atoms with Crippen LogP contribution >= 0.6 is 10.0 Å². The Bertz CT molecular complexity index is 2920. The van der Waals surface area contributed by atoms with E-state index >= 15 is 0 Å². The van der Waals surface area contributed by atoms with E-state index in [1.165, 1.54) is 69.7 Å². The van der Waals surface area contributed by atoms with Gasteiger partial charge in [0.1, 0.15) is 0 Å². The third-order valence-corrected chi connectivity index (χ3v) is 15.8. The second-order valence-electron chi connectivity index (χ2n) is 15.9. The third kappa shape index (κ3) is 8.01. The van der Waals surface area contributed by atoms with Crippen LogP contribution in [0.25, 0.3) is 44.5 Å². The molecule has 0 unspecified atom stereocenters. The molecule has 0 radical (unpaired) electrons. The summed E-state index contributed by atoms with van der Waals surface area (Å²) in [5.41, 5.74) is 14.2. The van der Waals surface area contributed by atoms with Crippen LogP contribution in [0.15, 0.2) is 287 Å². The molecule has 302 valence electrons. The number of rotatable bonds is 11. The lowest BCUT2D eigenvalue weighted by atomic mass is 9.99. The van der Waals surface area contributed by atoms with Gasteiger partial charge in [-0.15, -0.1) is 10.0 Å². The zero-order valence-corrected chi connectivity index (χ0v) is 36.1. The van der Waals surface area contributed by atoms with Crippen LogP contribution in [0.5, 0.6) is 0 Å². The first-order valence-corrected chi connectivity index (χ1v) is 23.2. The van der Waals surface area contributed by atoms with Crippen LogP contribution in [-0.4, -0.2) is 0 Å². The first-order chi connectivity index (χ1) is 31.1. The fourth-order valence-electron chi connectivity index (χ4n) is 8.63. The highest BCUT2D eigenvalue weighted by molar-refractivity contribution is 8.34. The molecule has 0 atom stereocenters. The topological polar surface area (TPSA) is 3.24 Å². The van der Waals surface area contributed by atoms with E-state index < -0.39 is 10.0 Å². The van der Waals surface area contributed by atoms with Crippen LogP contribution < -0.4 is 4.90 Å². The minimum absolute atomic E-state index is 1.10. The van der Waals surface area contributed by atoms with Gasteiger partial charge in [-0.3, -0.25) is 0 Å². The van der Waals surface area contributed by atoms with E-state index in [-0.39, 0.29) is 0 Å². The summed E-state index contributed by atoms with van der Waals surface area (Å²) in [6.07, 6.45) is 0. The van der Waals surface area contributed by atoms with Crippen molar-refractivity contribution in [3.63, 3.8) is 0 Å². The third-order valence-electron chi connectivity index (χ3n) is 11.9. The van der Waals surface area contributed by atoms with Gasteiger partial charge in [0.15, 0.2) is 0 Å². The van der Waals surface area contributed by atoms with Gasteiger partial charge in [0.25, 0.3) is 0 Å². The van der Waals surface area contributed by atoms with E-state index in [1.54, 1.807) is 0 Å². The van der Waals surface area contributed by atoms with Crippen molar-refractivity contribution >= 4 is 27.1 Å². The van der Waals surface area contributed by atoms with Crippen molar-refractivity contribution in [2.75, 3.05) is 4.90 Å². The van der Waals surface area contributed by atoms with Gasteiger partial charge < -0.3 is 4.90 Å². The number of benzene rings is 10. The average molecular weight is 826 g/mol. The molecule has 0 saturated carbocycles. The van der Waals surface area contributed by atoms with Crippen molar-refractivity contribution in [1.82, 2.24) is 0 Å². The summed E-state index contributed by atoms with van der Waals surface area (Å²) in [6, 6.07) is 97.4. The summed E-state index contributed by atoms with van der Waals surface area (Å²) in [5.74, 6) is 0. The standard InChI is InChI=1S/C61H47NS/c1-46-22-24-48(25-23-46)49-26-28-50(29-27-49)52-32-40-56(41-33-52)62(55-38-30-51(31-39-55)47-14-6-2-7-15-47)57-42-34-53(35-43-57)54-36-44-61(45-37-54)63(58-16-8-3-9-17-58,59-18-10-4-11-19-59)60-20-12-5-13-21-60/h2-45H,1H3. The number of nitrogens with zero attached hydrogens (tertiary/aromatic N) is 1. The molecule has 0 aliphatic heterocycles. The molecule has 0 saturated heterocycles. The lowest BCUT2D eigenvalue weighted by molar-refractivity contribution is 1.24. The van der Waals surface area contributed by atoms with Gasteiger partial charge in [0, 0.05) is 36.6 Å². The molecule has 0 aliphatic rings. The Morgan fingerprint density at radius 1 is 0.222 bits per heavy atom. The van der Waals surface area contributed by atoms with E-state index in [1.807, 2.05) is 0 Å². The molecule has 0 amide bonds. The maximum absolute atomic E-state index is 2.35. The summed E-state index contributed by atoms with van der Waals surface area (Å²) in [7, 11) is -1.75. The van der Waals surface area contributed by atoms with E-state index in [0.717, 1.165) is 17.1 Å². The fraction of sp³-hybridized carbons (Fsp3) is 0.0164. The van der Waals surface area contributed by atoms with Crippen molar-refractivity contribution in [3.05, 3.63) is 272 Å². The number of hydrogen-bond acceptors (Lipinski definition) is 1. The van der Waals surface area contributed by atoms with Gasteiger partial charge in [0.05, 0.1) is 0 Å². The Labute approximate surface area is 373 Å². The number of hydrogen-bond donors (Lipinski definition) is 0. The van der Waals surface area contributed by atoms with E-state index in [4.69, 9.17) is 0 Å². The zero-order valence-electron chi connectivity index (χ0n) is 35.3. The van der Waals surface area contributed by atoms with Crippen LogP contribution in [0.4, 0.5) is 17.1 Å². The van der Waals surface area contributed by atoms with Crippen molar-refractivity contribution in [1.29, 1.82) is 0 Å². The molecule has 0 bridgehead atoms. The summed E-state index contributed by atoms with van der Waals surface area (Å²) in [5, 5.41) is 0. The number of aryl methyl sites for hydroxylation is 1. The van der Waals surface area contributed by atoms with Gasteiger partial charge in [-0.05, 0) is 136 Å². The molecule has 10 aromatic rings. The van der Waals surface area contributed by atoms with Gasteiger partial charge in [-0.2, -0.15) is 0 Å². The molecule has 0 spiro atoms. The largest absolute Gasteiger partial charge is 0.311 e. The highest BCUT2D eigenvalue weighted by Gasteiger charge is 2.33. The molecular weight excluding hydrogens is 779 g/mol. The van der Waals surface area contributed by atoms with Crippen molar-refractivity contribution in [3.8, 4) is 44.5 Å². The van der Waals surface area contributed by atoms with Crippen LogP contribution in [0.3, 0.4) is 0 Å². The van der Waals surface area contributed by atoms with Crippen molar-refractivity contribution < 1.29 is 0 Å². The Hall–Kier alpha value is -7.65. The van der Waals surface area contributed by atoms with Crippen molar-refractivity contribution in [2.45, 2.75) is 26.5 Å². The first-order valence-electron chi connectivity index (χ1n) is 21.6. The molecule has 0 aromatic heterocycles. The summed E-state index contributed by atoms with van der Waals surface area (Å²) >= 11 is 0. The Balaban J connectivity index is 0.985. The smallest absolute Gasteiger partial charge is 0.0462 e. The van der Waals surface area contributed by atoms with Crippen molar-refractivity contribution in [2.24, 2.45) is 0 Å². The lowest BCUT2D eigenvalue weighted by Crippen LogP contribution is -2.09. The minimum atomic E-state index is -1.75. The molecule has 0 heterocycles. The van der Waals surface area contributed by atoms with Gasteiger partial charge >= 0.3 is 0 Å². The minimum Gasteiger partial charge on any atom is -0.311 e. The van der Waals surface area contributed by atoms with Crippen LogP contribution in [0.2, 0.25) is 0 Å². The first kappa shape index (κ1) is 39.5. The highest BCUT2D eigenvalue weighted by Crippen LogP contribution is 2.73. The van der Waals surface area contributed by atoms with E-state index in [9.17, 15) is 0 Å². The number of anilines is 3. The van der Waals surface area contributed by atoms with Gasteiger partial charge in [-0.25, -0.2) is 0 Å². The summed E-state index contributed by atoms with van der Waals surface area (Å²) < 4.78 is 0. The van der Waals surface area contributed by atoms with Crippen LogP contribution in [-0.2, 0) is 0 Å². The summed E-state index contributed by atoms with van der Waals surface area (Å²) in [6.45, 7) is 2.13. The lowest BCUT2D eigenvalue weighted by Gasteiger charge is -2.42. The monoisotopic (exact) mass is 825 g/mol. The quantitative estimate of drug-likeness (QED) is 0.126. The Morgan fingerprint density at radius 2 is 0.444 bits per heavy atom. The Morgan fingerprint density at radius 3 is 0.762 bits per heavy atom. The molecule has 63 heavy (non-hydrogen) atoms. The highest BCUT2D eigenvalue weighted by atomic mass is 32.3. The predicted molar refractivity (Wildman–Crippen MR) is 268 cm³/mol. The maximum Gasteiger partial charge on any atom is 0.0462 e. The Kier molecular flexibility index (Phi) is 11.1. The van der Waals surface area contributed by atoms with E-state index in [0.29, 0.717) is 0 Å². The average Bonchev–Trinajstić information content (AvgIpc) is 3.37. The molecule has 2 heteroatoms. The van der Waals surface area contributed by atoms with Gasteiger partial charge in [-0.1, -0.05) is 188 Å². The SMILES string of the molecule is Cc1ccc(-c2ccc(-c3ccc(N(c4ccc(-c5ccccc5)cc4)c4ccc(-c5ccc(S(c6ccccc6)(c6ccccc6)c6ccccc6)cc5)cc4)cc3)cc2)cc1. The summed E-state index contributed by atoms with van der Waals surface area (Å²) in [4.78, 5) is 7.62. The van der Waals surface area contributed by atoms with Crippen LogP contribution in [0, 0.1) is 6.92 Å². The molecule has 0 aliphatic carbocycles. The maximum atomic E-state index is 2.35. The normalized spacial score (nSPS) is 11.5. The van der Waals surface area contributed by atoms with Gasteiger partial charge in [0.2, 0.25) is 0 Å². The van der Waals surface area contributed by atoms with E-state index in [2.05, 4.69) is 279 Å². The second kappa shape index (κ2) is 17.8. The molecule has 0 fully saturated rings. The molecule has 10 rings (SSSR count). The fourth-order valence-corrected chi connectivity index (χ4v) is 12.5. The second-order valence-corrected chi connectivity index (χ2v) is 19.0. The molecule has 1 nitrogen and oxygen atoms in total. The molecule has 0 N–H and O–H groups in total. The predicted octanol–water partition coefficient (Wildman–Crippen LogP) is 17.5. The molecule has 10 aromatic carbocycles. The zero-order chi connectivity index (χ0) is 42.4. The van der Waals surface area contributed by atoms with Crippen LogP contribution in [0.1, 0.15) is 5.56 Å².